The first-order valence-corrected chi connectivity index (χ1v) is 19.1. The topological polar surface area (TPSA) is 91.4 Å². The smallest absolute Gasteiger partial charge is 0.396 e. The van der Waals surface area contributed by atoms with Crippen LogP contribution in [-0.2, 0) is 34.8 Å². The van der Waals surface area contributed by atoms with Crippen LogP contribution in [-0.4, -0.2) is 56.3 Å². The average molecular weight is 644 g/mol. The number of rotatable bonds is 14. The van der Waals surface area contributed by atoms with Crippen molar-refractivity contribution in [2.75, 3.05) is 6.54 Å². The maximum Gasteiger partial charge on any atom is 0.396 e. The normalized spacial score (nSPS) is 22.9. The molecule has 1 aromatic rings. The zero-order valence-electron chi connectivity index (χ0n) is 29.2. The van der Waals surface area contributed by atoms with Crippen LogP contribution in [0.25, 0.3) is 0 Å². The van der Waals surface area contributed by atoms with E-state index in [2.05, 4.69) is 62.3 Å². The second-order valence-corrected chi connectivity index (χ2v) is 19.8. The van der Waals surface area contributed by atoms with E-state index in [1.54, 1.807) is 11.0 Å². The van der Waals surface area contributed by atoms with Crippen LogP contribution >= 0.6 is 0 Å². The van der Waals surface area contributed by atoms with Gasteiger partial charge in [-0.2, -0.15) is 0 Å². The molecule has 0 aromatic heterocycles. The third-order valence-corrected chi connectivity index (χ3v) is 15.7. The van der Waals surface area contributed by atoms with E-state index in [9.17, 15) is 14.4 Å². The lowest BCUT2D eigenvalue weighted by atomic mass is 9.75. The molecular weight excluding hydrogens is 586 g/mol. The standard InChI is InChI=1S/C36H57NO7Si/c1-23(2)30-17-16-27(9)20-33(30)42-34-21-31(35(39)43-34)32(41-28(10)38)18-19-37(22-29-14-12-11-13-15-29)36(40)44-45(24(3)4,25(5)6)26(7)8/h11-15,21,23-27,30,32-34H,16-20,22H2,1-10H3/t27-,30+,32+,33-,34-/m1/s1. The van der Waals surface area contributed by atoms with Gasteiger partial charge in [-0.05, 0) is 58.9 Å². The van der Waals surface area contributed by atoms with Gasteiger partial charge in [0.1, 0.15) is 6.10 Å². The monoisotopic (exact) mass is 643 g/mol. The summed E-state index contributed by atoms with van der Waals surface area (Å²) >= 11 is 0. The molecule has 0 radical (unpaired) electrons. The first-order valence-electron chi connectivity index (χ1n) is 16.9. The SMILES string of the molecule is CC(=O)O[C@@H](CCN(Cc1ccccc1)C(=O)O[Si](C(C)C)(C(C)C)C(C)C)C1=C[C@H](O[C@@H]2C[C@H](C)CC[C@H]2C(C)C)OC1=O. The van der Waals surface area contributed by atoms with Gasteiger partial charge >= 0.3 is 18.0 Å². The zero-order chi connectivity index (χ0) is 33.5. The van der Waals surface area contributed by atoms with E-state index in [4.69, 9.17) is 18.6 Å². The zero-order valence-corrected chi connectivity index (χ0v) is 30.2. The Balaban J connectivity index is 1.84. The molecule has 3 rings (SSSR count). The van der Waals surface area contributed by atoms with Crippen LogP contribution in [0.5, 0.6) is 0 Å². The Hall–Kier alpha value is -2.65. The molecule has 8 nitrogen and oxygen atoms in total. The van der Waals surface area contributed by atoms with Crippen LogP contribution in [0.1, 0.15) is 100 Å². The number of cyclic esters (lactones) is 1. The van der Waals surface area contributed by atoms with Crippen molar-refractivity contribution < 1.29 is 33.0 Å². The second-order valence-electron chi connectivity index (χ2n) is 14.4. The molecule has 0 N–H and O–H groups in total. The molecule has 2 aliphatic rings. The first-order chi connectivity index (χ1) is 21.1. The maximum absolute atomic E-state index is 14.0. The lowest BCUT2D eigenvalue weighted by Crippen LogP contribution is -2.52. The van der Waals surface area contributed by atoms with Gasteiger partial charge in [-0.15, -0.1) is 0 Å². The summed E-state index contributed by atoms with van der Waals surface area (Å²) in [7, 11) is -2.52. The summed E-state index contributed by atoms with van der Waals surface area (Å²) < 4.78 is 24.3. The molecule has 1 amide bonds. The van der Waals surface area contributed by atoms with E-state index in [1.807, 2.05) is 30.3 Å². The summed E-state index contributed by atoms with van der Waals surface area (Å²) in [5, 5.41) is 0. The van der Waals surface area contributed by atoms with Gasteiger partial charge in [-0.25, -0.2) is 9.59 Å². The third-order valence-electron chi connectivity index (χ3n) is 9.81. The van der Waals surface area contributed by atoms with Crippen molar-refractivity contribution in [1.82, 2.24) is 4.90 Å². The lowest BCUT2D eigenvalue weighted by Gasteiger charge is -2.42. The Labute approximate surface area is 272 Å². The number of carbonyl (C=O) groups excluding carboxylic acids is 3. The van der Waals surface area contributed by atoms with E-state index in [1.165, 1.54) is 13.3 Å². The van der Waals surface area contributed by atoms with Crippen molar-refractivity contribution in [2.24, 2.45) is 17.8 Å². The van der Waals surface area contributed by atoms with Crippen molar-refractivity contribution in [3.05, 3.63) is 47.5 Å². The van der Waals surface area contributed by atoms with Crippen LogP contribution in [0.15, 0.2) is 42.0 Å². The van der Waals surface area contributed by atoms with E-state index in [0.29, 0.717) is 24.3 Å². The van der Waals surface area contributed by atoms with Crippen molar-refractivity contribution in [3.8, 4) is 0 Å². The molecule has 5 atom stereocenters. The summed E-state index contributed by atoms with van der Waals surface area (Å²) in [6.45, 7) is 21.4. The maximum atomic E-state index is 14.0. The molecule has 9 heteroatoms. The predicted octanol–water partition coefficient (Wildman–Crippen LogP) is 8.41. The van der Waals surface area contributed by atoms with Gasteiger partial charge in [0.2, 0.25) is 6.29 Å². The van der Waals surface area contributed by atoms with Crippen molar-refractivity contribution in [1.29, 1.82) is 0 Å². The molecule has 0 bridgehead atoms. The van der Waals surface area contributed by atoms with Gasteiger partial charge in [-0.3, -0.25) is 4.79 Å². The molecule has 1 aliphatic carbocycles. The fourth-order valence-electron chi connectivity index (χ4n) is 7.53. The number of amides is 1. The van der Waals surface area contributed by atoms with E-state index in [0.717, 1.165) is 18.4 Å². The summed E-state index contributed by atoms with van der Waals surface area (Å²) in [6.07, 6.45) is 2.92. The number of carbonyl (C=O) groups is 3. The molecule has 1 aromatic carbocycles. The van der Waals surface area contributed by atoms with Gasteiger partial charge in [0.15, 0.2) is 0 Å². The van der Waals surface area contributed by atoms with Gasteiger partial charge in [-0.1, -0.05) is 99.1 Å². The fourth-order valence-corrected chi connectivity index (χ4v) is 12.7. The molecule has 1 saturated carbocycles. The van der Waals surface area contributed by atoms with Crippen molar-refractivity contribution in [2.45, 2.75) is 137 Å². The molecule has 1 fully saturated rings. The number of nitrogens with zero attached hydrogens (tertiary/aromatic N) is 1. The van der Waals surface area contributed by atoms with E-state index < -0.39 is 32.6 Å². The highest BCUT2D eigenvalue weighted by Crippen LogP contribution is 2.43. The van der Waals surface area contributed by atoms with Crippen LogP contribution in [0.4, 0.5) is 4.79 Å². The van der Waals surface area contributed by atoms with Gasteiger partial charge in [0, 0.05) is 26.4 Å². The Bertz CT molecular complexity index is 1140. The number of hydrogen-bond acceptors (Lipinski definition) is 7. The largest absolute Gasteiger partial charge is 0.503 e. The molecule has 0 saturated heterocycles. The average Bonchev–Trinajstić information content (AvgIpc) is 3.32. The highest BCUT2D eigenvalue weighted by Gasteiger charge is 2.49. The van der Waals surface area contributed by atoms with Crippen LogP contribution in [0.3, 0.4) is 0 Å². The number of benzene rings is 1. The van der Waals surface area contributed by atoms with Gasteiger partial charge in [0.25, 0.3) is 8.32 Å². The molecule has 1 heterocycles. The minimum Gasteiger partial charge on any atom is -0.503 e. The molecule has 252 valence electrons. The van der Waals surface area contributed by atoms with Crippen molar-refractivity contribution >= 4 is 26.3 Å². The van der Waals surface area contributed by atoms with Crippen LogP contribution in [0.2, 0.25) is 16.6 Å². The Morgan fingerprint density at radius 3 is 2.16 bits per heavy atom. The summed E-state index contributed by atoms with van der Waals surface area (Å²) in [5.74, 6) is 0.313. The predicted molar refractivity (Wildman–Crippen MR) is 179 cm³/mol. The highest BCUT2D eigenvalue weighted by atomic mass is 28.4. The molecular formula is C36H57NO7Si. The van der Waals surface area contributed by atoms with Crippen molar-refractivity contribution in [3.63, 3.8) is 0 Å². The summed E-state index contributed by atoms with van der Waals surface area (Å²) in [4.78, 5) is 41.0. The van der Waals surface area contributed by atoms with Crippen LogP contribution in [0, 0.1) is 17.8 Å². The molecule has 1 aliphatic heterocycles. The highest BCUT2D eigenvalue weighted by molar-refractivity contribution is 6.78. The molecule has 0 spiro atoms. The summed E-state index contributed by atoms with van der Waals surface area (Å²) in [5.41, 5.74) is 1.90. The number of ether oxygens (including phenoxy) is 3. The number of esters is 2. The van der Waals surface area contributed by atoms with Gasteiger partial charge < -0.3 is 23.5 Å². The number of hydrogen-bond donors (Lipinski definition) is 0. The Kier molecular flexibility index (Phi) is 13.3. The molecule has 45 heavy (non-hydrogen) atoms. The quantitative estimate of drug-likeness (QED) is 0.148. The second kappa shape index (κ2) is 16.3. The lowest BCUT2D eigenvalue weighted by molar-refractivity contribution is -0.179. The first kappa shape index (κ1) is 36.8. The minimum absolute atomic E-state index is 0.0160. The third kappa shape index (κ3) is 9.44. The minimum atomic E-state index is -2.52. The Morgan fingerprint density at radius 2 is 1.60 bits per heavy atom. The fraction of sp³-hybridized carbons (Fsp3) is 0.694. The van der Waals surface area contributed by atoms with E-state index in [-0.39, 0.29) is 47.4 Å². The Morgan fingerprint density at radius 1 is 0.978 bits per heavy atom. The van der Waals surface area contributed by atoms with Gasteiger partial charge in [0.05, 0.1) is 11.7 Å². The summed E-state index contributed by atoms with van der Waals surface area (Å²) in [6, 6.07) is 9.75. The molecule has 0 unspecified atom stereocenters. The van der Waals surface area contributed by atoms with E-state index >= 15 is 0 Å². The van der Waals surface area contributed by atoms with Crippen LogP contribution < -0.4 is 0 Å².